The van der Waals surface area contributed by atoms with Gasteiger partial charge in [-0.3, -0.25) is 4.79 Å². The number of rotatable bonds is 4. The van der Waals surface area contributed by atoms with Gasteiger partial charge in [0.05, 0.1) is 12.1 Å². The highest BCUT2D eigenvalue weighted by Crippen LogP contribution is 2.33. The van der Waals surface area contributed by atoms with Crippen molar-refractivity contribution in [3.8, 4) is 0 Å². The third-order valence-corrected chi connectivity index (χ3v) is 2.47. The number of alkyl halides is 3. The Morgan fingerprint density at radius 2 is 2.17 bits per heavy atom. The Morgan fingerprint density at radius 1 is 1.44 bits per heavy atom. The van der Waals surface area contributed by atoms with E-state index in [1.54, 1.807) is 0 Å². The van der Waals surface area contributed by atoms with E-state index in [-0.39, 0.29) is 24.3 Å². The van der Waals surface area contributed by atoms with Crippen LogP contribution in [0.5, 0.6) is 0 Å². The van der Waals surface area contributed by atoms with E-state index in [0.717, 1.165) is 18.9 Å². The lowest BCUT2D eigenvalue weighted by Gasteiger charge is -2.12. The molecule has 18 heavy (non-hydrogen) atoms. The molecule has 1 aromatic heterocycles. The predicted molar refractivity (Wildman–Crippen MR) is 58.9 cm³/mol. The zero-order valence-corrected chi connectivity index (χ0v) is 9.42. The Bertz CT molecular complexity index is 443. The number of amides is 1. The van der Waals surface area contributed by atoms with Gasteiger partial charge in [-0.15, -0.1) is 0 Å². The average molecular weight is 259 g/mol. The fourth-order valence-corrected chi connectivity index (χ4v) is 1.45. The highest BCUT2D eigenvalue weighted by Gasteiger charge is 2.34. The molecule has 1 saturated carbocycles. The zero-order valence-electron chi connectivity index (χ0n) is 9.42. The normalized spacial score (nSPS) is 15.3. The van der Waals surface area contributed by atoms with Gasteiger partial charge in [0.15, 0.2) is 0 Å². The fourth-order valence-electron chi connectivity index (χ4n) is 1.45. The molecule has 0 aromatic carbocycles. The largest absolute Gasteiger partial charge is 0.419 e. The van der Waals surface area contributed by atoms with E-state index in [1.807, 2.05) is 0 Å². The highest BCUT2D eigenvalue weighted by atomic mass is 19.4. The molecular weight excluding hydrogens is 247 g/mol. The Morgan fingerprint density at radius 3 is 2.78 bits per heavy atom. The van der Waals surface area contributed by atoms with Crippen molar-refractivity contribution in [3.63, 3.8) is 0 Å². The second kappa shape index (κ2) is 4.83. The van der Waals surface area contributed by atoms with Crippen LogP contribution in [0.15, 0.2) is 18.3 Å². The van der Waals surface area contributed by atoms with Gasteiger partial charge < -0.3 is 10.6 Å². The number of carbonyl (C=O) groups excluding carboxylic acids is 1. The molecule has 1 aromatic rings. The maximum atomic E-state index is 12.6. The molecule has 2 N–H and O–H groups in total. The van der Waals surface area contributed by atoms with Gasteiger partial charge in [0.25, 0.3) is 0 Å². The molecule has 1 fully saturated rings. The van der Waals surface area contributed by atoms with E-state index in [2.05, 4.69) is 15.6 Å². The van der Waals surface area contributed by atoms with Crippen LogP contribution in [0, 0.1) is 0 Å². The van der Waals surface area contributed by atoms with E-state index in [9.17, 15) is 18.0 Å². The molecule has 4 nitrogen and oxygen atoms in total. The number of carbonyl (C=O) groups is 1. The summed E-state index contributed by atoms with van der Waals surface area (Å²) in [6, 6.07) is 2.32. The predicted octanol–water partition coefficient (Wildman–Crippen LogP) is 1.79. The van der Waals surface area contributed by atoms with Crippen LogP contribution in [-0.2, 0) is 11.0 Å². The summed E-state index contributed by atoms with van der Waals surface area (Å²) in [5, 5.41) is 5.08. The van der Waals surface area contributed by atoms with Crippen molar-refractivity contribution in [1.82, 2.24) is 10.3 Å². The highest BCUT2D eigenvalue weighted by molar-refractivity contribution is 5.81. The van der Waals surface area contributed by atoms with Gasteiger partial charge in [0, 0.05) is 12.2 Å². The van der Waals surface area contributed by atoms with E-state index in [0.29, 0.717) is 0 Å². The lowest BCUT2D eigenvalue weighted by Crippen LogP contribution is -2.32. The number of hydrogen-bond acceptors (Lipinski definition) is 3. The van der Waals surface area contributed by atoms with Gasteiger partial charge >= 0.3 is 6.18 Å². The lowest BCUT2D eigenvalue weighted by atomic mass is 10.2. The monoisotopic (exact) mass is 259 g/mol. The van der Waals surface area contributed by atoms with Gasteiger partial charge in [-0.1, -0.05) is 0 Å². The van der Waals surface area contributed by atoms with Gasteiger partial charge in [0.1, 0.15) is 5.82 Å². The smallest absolute Gasteiger partial charge is 0.361 e. The first-order valence-electron chi connectivity index (χ1n) is 5.52. The van der Waals surface area contributed by atoms with E-state index in [4.69, 9.17) is 0 Å². The number of anilines is 1. The molecule has 0 spiro atoms. The number of halogens is 3. The second-order valence-corrected chi connectivity index (χ2v) is 4.09. The maximum Gasteiger partial charge on any atom is 0.419 e. The third-order valence-electron chi connectivity index (χ3n) is 2.47. The van der Waals surface area contributed by atoms with Crippen molar-refractivity contribution >= 4 is 11.7 Å². The minimum absolute atomic E-state index is 0.185. The minimum Gasteiger partial charge on any atom is -0.361 e. The number of hydrogen-bond donors (Lipinski definition) is 2. The summed E-state index contributed by atoms with van der Waals surface area (Å²) >= 11 is 0. The zero-order chi connectivity index (χ0) is 13.2. The SMILES string of the molecule is O=C(CNc1ncccc1C(F)(F)F)NC1CC1. The lowest BCUT2D eigenvalue weighted by molar-refractivity contribution is -0.137. The number of aromatic nitrogens is 1. The van der Waals surface area contributed by atoms with Crippen molar-refractivity contribution in [1.29, 1.82) is 0 Å². The van der Waals surface area contributed by atoms with Crippen LogP contribution < -0.4 is 10.6 Å². The first-order valence-corrected chi connectivity index (χ1v) is 5.52. The fraction of sp³-hybridized carbons (Fsp3) is 0.455. The van der Waals surface area contributed by atoms with Crippen LogP contribution in [-0.4, -0.2) is 23.5 Å². The number of nitrogens with one attached hydrogen (secondary N) is 2. The molecule has 1 heterocycles. The quantitative estimate of drug-likeness (QED) is 0.866. The molecule has 1 aliphatic carbocycles. The molecule has 98 valence electrons. The van der Waals surface area contributed by atoms with Crippen molar-refractivity contribution in [3.05, 3.63) is 23.9 Å². The van der Waals surface area contributed by atoms with Crippen molar-refractivity contribution in [2.24, 2.45) is 0 Å². The Kier molecular flexibility index (Phi) is 3.40. The van der Waals surface area contributed by atoms with Gasteiger partial charge in [-0.25, -0.2) is 4.98 Å². The number of nitrogens with zero attached hydrogens (tertiary/aromatic N) is 1. The van der Waals surface area contributed by atoms with Crippen LogP contribution in [0.3, 0.4) is 0 Å². The summed E-state index contributed by atoms with van der Waals surface area (Å²) in [5.74, 6) is -0.646. The van der Waals surface area contributed by atoms with Crippen LogP contribution in [0.25, 0.3) is 0 Å². The van der Waals surface area contributed by atoms with E-state index >= 15 is 0 Å². The molecule has 0 bridgehead atoms. The van der Waals surface area contributed by atoms with E-state index in [1.165, 1.54) is 12.3 Å². The Balaban J connectivity index is 1.97. The summed E-state index contributed by atoms with van der Waals surface area (Å²) in [5.41, 5.74) is -0.871. The Labute approximate surface area is 102 Å². The molecule has 7 heteroatoms. The molecule has 0 atom stereocenters. The standard InChI is InChI=1S/C11H12F3N3O/c12-11(13,14)8-2-1-5-15-10(8)16-6-9(18)17-7-3-4-7/h1-2,5,7H,3-4,6H2,(H,15,16)(H,17,18). The summed E-state index contributed by atoms with van der Waals surface area (Å²) in [4.78, 5) is 14.9. The van der Waals surface area contributed by atoms with Crippen molar-refractivity contribution in [2.45, 2.75) is 25.1 Å². The Hall–Kier alpha value is -1.79. The first kappa shape index (κ1) is 12.7. The molecule has 1 aliphatic rings. The second-order valence-electron chi connectivity index (χ2n) is 4.09. The van der Waals surface area contributed by atoms with Gasteiger partial charge in [0.2, 0.25) is 5.91 Å². The molecule has 2 rings (SSSR count). The van der Waals surface area contributed by atoms with Gasteiger partial charge in [-0.2, -0.15) is 13.2 Å². The molecule has 0 aliphatic heterocycles. The molecule has 0 radical (unpaired) electrons. The van der Waals surface area contributed by atoms with Crippen LogP contribution >= 0.6 is 0 Å². The summed E-state index contributed by atoms with van der Waals surface area (Å²) in [7, 11) is 0. The maximum absolute atomic E-state index is 12.6. The first-order chi connectivity index (χ1) is 8.47. The molecule has 0 saturated heterocycles. The van der Waals surface area contributed by atoms with Crippen LogP contribution in [0.4, 0.5) is 19.0 Å². The topological polar surface area (TPSA) is 54.0 Å². The average Bonchev–Trinajstić information content (AvgIpc) is 3.09. The van der Waals surface area contributed by atoms with Crippen molar-refractivity contribution in [2.75, 3.05) is 11.9 Å². The molecule has 1 amide bonds. The van der Waals surface area contributed by atoms with Crippen molar-refractivity contribution < 1.29 is 18.0 Å². The molecular formula is C11H12F3N3O. The summed E-state index contributed by atoms with van der Waals surface area (Å²) in [6.45, 7) is -0.212. The van der Waals surface area contributed by atoms with Crippen LogP contribution in [0.1, 0.15) is 18.4 Å². The molecule has 0 unspecified atom stereocenters. The minimum atomic E-state index is -4.48. The summed E-state index contributed by atoms with van der Waals surface area (Å²) < 4.78 is 37.8. The summed E-state index contributed by atoms with van der Waals surface area (Å²) in [6.07, 6.45) is -1.37. The third kappa shape index (κ3) is 3.35. The van der Waals surface area contributed by atoms with E-state index < -0.39 is 11.7 Å². The van der Waals surface area contributed by atoms with Gasteiger partial charge in [-0.05, 0) is 25.0 Å². The van der Waals surface area contributed by atoms with Crippen LogP contribution in [0.2, 0.25) is 0 Å². The number of pyridine rings is 1.